The number of hydrogen-bond acceptors (Lipinski definition) is 6. The Balaban J connectivity index is 1.74. The van der Waals surface area contributed by atoms with E-state index in [0.29, 0.717) is 36.3 Å². The van der Waals surface area contributed by atoms with E-state index in [9.17, 15) is 9.59 Å². The Bertz CT molecular complexity index is 1170. The van der Waals surface area contributed by atoms with E-state index in [4.69, 9.17) is 9.47 Å². The van der Waals surface area contributed by atoms with Crippen LogP contribution in [0.3, 0.4) is 0 Å². The molecule has 0 aromatic heterocycles. The van der Waals surface area contributed by atoms with E-state index in [2.05, 4.69) is 40.3 Å². The number of esters is 1. The standard InChI is InChI=1S/C28H30BrNO4S/c1-4-35-13-12-34-28(32)25-17(2)30-22-15-20(18-8-6-5-7-9-18)16-23(31)27(22)26(25)19-10-11-24(33-3)21(29)14-19/h5-11,14,20,26,30H,4,12-13,15-16H2,1-3H3/t20-,26-/m0/s1. The second kappa shape index (κ2) is 11.5. The molecule has 0 fully saturated rings. The lowest BCUT2D eigenvalue weighted by Gasteiger charge is -2.36. The maximum atomic E-state index is 13.7. The molecule has 184 valence electrons. The predicted octanol–water partition coefficient (Wildman–Crippen LogP) is 6.12. The smallest absolute Gasteiger partial charge is 0.336 e. The van der Waals surface area contributed by atoms with Gasteiger partial charge in [0.1, 0.15) is 12.4 Å². The van der Waals surface area contributed by atoms with Gasteiger partial charge in [0, 0.05) is 35.1 Å². The number of methoxy groups -OCH3 is 1. The minimum Gasteiger partial charge on any atom is -0.496 e. The average Bonchev–Trinajstić information content (AvgIpc) is 2.86. The molecule has 1 aliphatic heterocycles. The summed E-state index contributed by atoms with van der Waals surface area (Å²) in [6, 6.07) is 15.9. The lowest BCUT2D eigenvalue weighted by atomic mass is 9.72. The molecule has 2 aliphatic rings. The summed E-state index contributed by atoms with van der Waals surface area (Å²) in [6.07, 6.45) is 1.12. The summed E-state index contributed by atoms with van der Waals surface area (Å²) in [5.74, 6) is 1.69. The van der Waals surface area contributed by atoms with Crippen LogP contribution < -0.4 is 10.1 Å². The van der Waals surface area contributed by atoms with E-state index in [0.717, 1.165) is 38.5 Å². The molecule has 2 atom stereocenters. The van der Waals surface area contributed by atoms with E-state index in [1.807, 2.05) is 43.3 Å². The normalized spacial score (nSPS) is 19.8. The van der Waals surface area contributed by atoms with E-state index < -0.39 is 5.92 Å². The Morgan fingerprint density at radius 1 is 1.14 bits per heavy atom. The van der Waals surface area contributed by atoms with Gasteiger partial charge in [-0.05, 0) is 64.2 Å². The van der Waals surface area contributed by atoms with Crippen molar-refractivity contribution in [3.63, 3.8) is 0 Å². The van der Waals surface area contributed by atoms with Crippen molar-refractivity contribution in [3.05, 3.63) is 86.7 Å². The van der Waals surface area contributed by atoms with Crippen LogP contribution in [0.2, 0.25) is 0 Å². The number of ketones is 1. The highest BCUT2D eigenvalue weighted by molar-refractivity contribution is 9.10. The summed E-state index contributed by atoms with van der Waals surface area (Å²) < 4.78 is 11.8. The SMILES string of the molecule is CCSCCOC(=O)C1=C(C)NC2=C(C(=O)C[C@@H](c3ccccc3)C2)[C@H]1c1ccc(OC)c(Br)c1. The first-order valence-electron chi connectivity index (χ1n) is 11.8. The van der Waals surface area contributed by atoms with E-state index in [1.165, 1.54) is 0 Å². The van der Waals surface area contributed by atoms with Gasteiger partial charge in [-0.1, -0.05) is 43.3 Å². The van der Waals surface area contributed by atoms with Crippen LogP contribution in [0.15, 0.2) is 75.5 Å². The van der Waals surface area contributed by atoms with Gasteiger partial charge in [-0.3, -0.25) is 4.79 Å². The second-order valence-electron chi connectivity index (χ2n) is 8.65. The summed E-state index contributed by atoms with van der Waals surface area (Å²) in [6.45, 7) is 4.31. The molecule has 1 aliphatic carbocycles. The van der Waals surface area contributed by atoms with Gasteiger partial charge in [0.2, 0.25) is 0 Å². The summed E-state index contributed by atoms with van der Waals surface area (Å²) in [5, 5.41) is 3.41. The van der Waals surface area contributed by atoms with Gasteiger partial charge in [0.05, 0.1) is 17.2 Å². The van der Waals surface area contributed by atoms with Crippen LogP contribution in [-0.2, 0) is 14.3 Å². The molecule has 0 radical (unpaired) electrons. The molecule has 1 heterocycles. The van der Waals surface area contributed by atoms with Crippen molar-refractivity contribution in [2.45, 2.75) is 38.5 Å². The van der Waals surface area contributed by atoms with Gasteiger partial charge in [-0.15, -0.1) is 0 Å². The average molecular weight is 557 g/mol. The minimum absolute atomic E-state index is 0.0592. The minimum atomic E-state index is -0.496. The van der Waals surface area contributed by atoms with Crippen molar-refractivity contribution in [2.24, 2.45) is 0 Å². The molecule has 0 amide bonds. The molecule has 2 aromatic carbocycles. The molecular weight excluding hydrogens is 526 g/mol. The van der Waals surface area contributed by atoms with E-state index >= 15 is 0 Å². The number of allylic oxidation sites excluding steroid dienone is 3. The third-order valence-corrected chi connectivity index (χ3v) is 7.98. The third kappa shape index (κ3) is 5.51. The van der Waals surface area contributed by atoms with Crippen molar-refractivity contribution in [1.82, 2.24) is 5.32 Å². The number of dihydropyridines is 1. The lowest BCUT2D eigenvalue weighted by Crippen LogP contribution is -2.36. The number of carbonyl (C=O) groups is 2. The lowest BCUT2D eigenvalue weighted by molar-refractivity contribution is -0.138. The third-order valence-electron chi connectivity index (χ3n) is 6.49. The van der Waals surface area contributed by atoms with Crippen LogP contribution in [0.25, 0.3) is 0 Å². The molecule has 1 N–H and O–H groups in total. The first-order chi connectivity index (χ1) is 16.9. The molecule has 4 rings (SSSR count). The fraction of sp³-hybridized carbons (Fsp3) is 0.357. The fourth-order valence-corrected chi connectivity index (χ4v) is 5.93. The van der Waals surface area contributed by atoms with Crippen LogP contribution in [0.1, 0.15) is 49.7 Å². The number of nitrogens with one attached hydrogen (secondary N) is 1. The van der Waals surface area contributed by atoms with Gasteiger partial charge < -0.3 is 14.8 Å². The van der Waals surface area contributed by atoms with E-state index in [-0.39, 0.29) is 17.7 Å². The molecule has 0 bridgehead atoms. The molecule has 0 saturated heterocycles. The Labute approximate surface area is 219 Å². The zero-order valence-corrected chi connectivity index (χ0v) is 22.6. The topological polar surface area (TPSA) is 64.6 Å². The number of ether oxygens (including phenoxy) is 2. The van der Waals surface area contributed by atoms with Gasteiger partial charge in [0.25, 0.3) is 0 Å². The van der Waals surface area contributed by atoms with Crippen molar-refractivity contribution in [2.75, 3.05) is 25.2 Å². The highest BCUT2D eigenvalue weighted by Gasteiger charge is 2.41. The monoisotopic (exact) mass is 555 g/mol. The zero-order valence-electron chi connectivity index (χ0n) is 20.2. The Hall–Kier alpha value is -2.51. The molecular formula is C28H30BrNO4S. The highest BCUT2D eigenvalue weighted by atomic mass is 79.9. The molecule has 5 nitrogen and oxygen atoms in total. The van der Waals surface area contributed by atoms with E-state index in [1.54, 1.807) is 18.9 Å². The predicted molar refractivity (Wildman–Crippen MR) is 144 cm³/mol. The summed E-state index contributed by atoms with van der Waals surface area (Å²) in [7, 11) is 1.61. The number of benzene rings is 2. The Morgan fingerprint density at radius 2 is 1.91 bits per heavy atom. The number of carbonyl (C=O) groups excluding carboxylic acids is 2. The Kier molecular flexibility index (Phi) is 8.39. The first kappa shape index (κ1) is 25.6. The molecule has 2 aromatic rings. The molecule has 0 saturated carbocycles. The van der Waals surface area contributed by atoms with Gasteiger partial charge in [-0.2, -0.15) is 11.8 Å². The number of rotatable bonds is 8. The maximum absolute atomic E-state index is 13.7. The zero-order chi connectivity index (χ0) is 24.9. The van der Waals surface area contributed by atoms with Crippen molar-refractivity contribution < 1.29 is 19.1 Å². The summed E-state index contributed by atoms with van der Waals surface area (Å²) in [5.41, 5.74) is 4.78. The molecule has 0 spiro atoms. The quantitative estimate of drug-likeness (QED) is 0.313. The first-order valence-corrected chi connectivity index (χ1v) is 13.8. The van der Waals surface area contributed by atoms with Crippen LogP contribution in [-0.4, -0.2) is 37.0 Å². The number of Topliss-reactive ketones (excluding diaryl/α,β-unsaturated/α-hetero) is 1. The largest absolute Gasteiger partial charge is 0.496 e. The van der Waals surface area contributed by atoms with Gasteiger partial charge in [0.15, 0.2) is 5.78 Å². The number of halogens is 1. The number of hydrogen-bond donors (Lipinski definition) is 1. The van der Waals surface area contributed by atoms with Crippen LogP contribution in [0, 0.1) is 0 Å². The number of thioether (sulfide) groups is 1. The summed E-state index contributed by atoms with van der Waals surface area (Å²) in [4.78, 5) is 27.0. The van der Waals surface area contributed by atoms with Crippen LogP contribution in [0.5, 0.6) is 5.75 Å². The van der Waals surface area contributed by atoms with Gasteiger partial charge >= 0.3 is 5.97 Å². The maximum Gasteiger partial charge on any atom is 0.336 e. The van der Waals surface area contributed by atoms with Crippen molar-refractivity contribution in [3.8, 4) is 5.75 Å². The fourth-order valence-electron chi connectivity index (χ4n) is 4.88. The second-order valence-corrected chi connectivity index (χ2v) is 10.9. The van der Waals surface area contributed by atoms with Crippen LogP contribution in [0.4, 0.5) is 0 Å². The van der Waals surface area contributed by atoms with Crippen LogP contribution >= 0.6 is 27.7 Å². The molecule has 0 unspecified atom stereocenters. The van der Waals surface area contributed by atoms with Gasteiger partial charge in [-0.25, -0.2) is 4.79 Å². The molecule has 7 heteroatoms. The van der Waals surface area contributed by atoms with Crippen molar-refractivity contribution >= 4 is 39.4 Å². The highest BCUT2D eigenvalue weighted by Crippen LogP contribution is 2.46. The summed E-state index contributed by atoms with van der Waals surface area (Å²) >= 11 is 5.30. The van der Waals surface area contributed by atoms with Crippen molar-refractivity contribution in [1.29, 1.82) is 0 Å². The molecule has 35 heavy (non-hydrogen) atoms. The Morgan fingerprint density at radius 3 is 2.60 bits per heavy atom.